The van der Waals surface area contributed by atoms with E-state index >= 15 is 0 Å². The maximum atomic E-state index is 2.40. The summed E-state index contributed by atoms with van der Waals surface area (Å²) in [6.45, 7) is 15.6. The third kappa shape index (κ3) is 4.79. The molecule has 0 aliphatic carbocycles. The van der Waals surface area contributed by atoms with Crippen LogP contribution in [0.2, 0.25) is 0 Å². The smallest absolute Gasteiger partial charge is 0.0305 e. The molecular formula is C12H28. The minimum absolute atomic E-state index is 0.592. The molecule has 0 amide bonds. The van der Waals surface area contributed by atoms with Crippen LogP contribution >= 0.6 is 0 Å². The molecule has 0 heteroatoms. The van der Waals surface area contributed by atoms with E-state index in [2.05, 4.69) is 34.6 Å². The maximum Gasteiger partial charge on any atom is -0.0305 e. The molecule has 1 atom stereocenters. The van der Waals surface area contributed by atoms with Gasteiger partial charge in [-0.25, -0.2) is 0 Å². The molecule has 76 valence electrons. The molecule has 0 bridgehead atoms. The van der Waals surface area contributed by atoms with Gasteiger partial charge < -0.3 is 0 Å². The van der Waals surface area contributed by atoms with Crippen molar-refractivity contribution < 1.29 is 0 Å². The Morgan fingerprint density at radius 1 is 1.08 bits per heavy atom. The summed E-state index contributed by atoms with van der Waals surface area (Å²) in [6, 6.07) is 0. The number of hydrogen-bond donors (Lipinski definition) is 0. The highest BCUT2D eigenvalue weighted by molar-refractivity contribution is 4.75. The van der Waals surface area contributed by atoms with E-state index in [-0.39, 0.29) is 0 Å². The Morgan fingerprint density at radius 3 is 1.58 bits per heavy atom. The summed E-state index contributed by atoms with van der Waals surface area (Å²) in [7, 11) is 0. The molecule has 0 spiro atoms. The van der Waals surface area contributed by atoms with Crippen molar-refractivity contribution >= 4 is 0 Å². The molecule has 12 heavy (non-hydrogen) atoms. The molecule has 0 aromatic rings. The lowest BCUT2D eigenvalue weighted by Gasteiger charge is -2.32. The van der Waals surface area contributed by atoms with Crippen molar-refractivity contribution in [1.29, 1.82) is 0 Å². The SMILES string of the molecule is CC.CCCC(C)(CC)C(C)C. The van der Waals surface area contributed by atoms with Crippen molar-refractivity contribution in [2.75, 3.05) is 0 Å². The number of rotatable bonds is 4. The molecule has 0 radical (unpaired) electrons. The van der Waals surface area contributed by atoms with Crippen LogP contribution in [-0.2, 0) is 0 Å². The normalized spacial score (nSPS) is 15.0. The van der Waals surface area contributed by atoms with Gasteiger partial charge in [0.05, 0.1) is 0 Å². The second kappa shape index (κ2) is 7.64. The molecule has 0 rings (SSSR count). The van der Waals surface area contributed by atoms with Crippen LogP contribution in [0.4, 0.5) is 0 Å². The zero-order valence-electron chi connectivity index (χ0n) is 10.2. The van der Waals surface area contributed by atoms with Crippen LogP contribution in [0, 0.1) is 11.3 Å². The largest absolute Gasteiger partial charge is 0.0683 e. The Balaban J connectivity index is 0. The van der Waals surface area contributed by atoms with Gasteiger partial charge >= 0.3 is 0 Å². The van der Waals surface area contributed by atoms with Crippen LogP contribution in [0.25, 0.3) is 0 Å². The molecule has 0 heterocycles. The highest BCUT2D eigenvalue weighted by atomic mass is 14.3. The monoisotopic (exact) mass is 172 g/mol. The second-order valence-electron chi connectivity index (χ2n) is 3.91. The van der Waals surface area contributed by atoms with Crippen LogP contribution < -0.4 is 0 Å². The van der Waals surface area contributed by atoms with E-state index < -0.39 is 0 Å². The predicted molar refractivity (Wildman–Crippen MR) is 59.5 cm³/mol. The summed E-state index contributed by atoms with van der Waals surface area (Å²) >= 11 is 0. The van der Waals surface area contributed by atoms with Gasteiger partial charge in [-0.15, -0.1) is 0 Å². The molecule has 0 aliphatic rings. The fourth-order valence-electron chi connectivity index (χ4n) is 1.44. The zero-order valence-corrected chi connectivity index (χ0v) is 10.2. The topological polar surface area (TPSA) is 0 Å². The summed E-state index contributed by atoms with van der Waals surface area (Å²) in [4.78, 5) is 0. The first-order valence-electron chi connectivity index (χ1n) is 5.56. The molecule has 0 aromatic carbocycles. The first kappa shape index (κ1) is 14.5. The van der Waals surface area contributed by atoms with E-state index in [1.165, 1.54) is 19.3 Å². The van der Waals surface area contributed by atoms with Crippen molar-refractivity contribution in [3.05, 3.63) is 0 Å². The Morgan fingerprint density at radius 2 is 1.50 bits per heavy atom. The van der Waals surface area contributed by atoms with E-state index in [1.807, 2.05) is 13.8 Å². The van der Waals surface area contributed by atoms with E-state index in [1.54, 1.807) is 0 Å². The zero-order chi connectivity index (χ0) is 10.2. The Labute approximate surface area is 79.8 Å². The Hall–Kier alpha value is 0. The molecule has 0 saturated heterocycles. The molecule has 0 aliphatic heterocycles. The predicted octanol–water partition coefficient (Wildman–Crippen LogP) is 4.89. The van der Waals surface area contributed by atoms with Crippen molar-refractivity contribution in [2.45, 2.75) is 67.7 Å². The summed E-state index contributed by atoms with van der Waals surface area (Å²) in [5.74, 6) is 0.831. The van der Waals surface area contributed by atoms with Gasteiger partial charge in [0.15, 0.2) is 0 Å². The Kier molecular flexibility index (Phi) is 9.24. The maximum absolute atomic E-state index is 2.40. The van der Waals surface area contributed by atoms with Crippen LogP contribution in [0.3, 0.4) is 0 Å². The van der Waals surface area contributed by atoms with Gasteiger partial charge in [-0.3, -0.25) is 0 Å². The van der Waals surface area contributed by atoms with Gasteiger partial charge in [0.25, 0.3) is 0 Å². The summed E-state index contributed by atoms with van der Waals surface area (Å²) in [5.41, 5.74) is 0.592. The van der Waals surface area contributed by atoms with Crippen LogP contribution in [-0.4, -0.2) is 0 Å². The van der Waals surface area contributed by atoms with E-state index in [0.717, 1.165) is 5.92 Å². The highest BCUT2D eigenvalue weighted by Crippen LogP contribution is 2.35. The van der Waals surface area contributed by atoms with Crippen LogP contribution in [0.15, 0.2) is 0 Å². The van der Waals surface area contributed by atoms with Gasteiger partial charge in [-0.2, -0.15) is 0 Å². The third-order valence-electron chi connectivity index (χ3n) is 3.02. The number of hydrogen-bond acceptors (Lipinski definition) is 0. The van der Waals surface area contributed by atoms with Gasteiger partial charge in [0.1, 0.15) is 0 Å². The lowest BCUT2D eigenvalue weighted by Crippen LogP contribution is -2.21. The quantitative estimate of drug-likeness (QED) is 0.566. The average Bonchev–Trinajstić information content (AvgIpc) is 2.08. The Bertz CT molecular complexity index is 84.0. The van der Waals surface area contributed by atoms with Crippen LogP contribution in [0.1, 0.15) is 67.7 Å². The summed E-state index contributed by atoms with van der Waals surface area (Å²) in [5, 5.41) is 0. The fourth-order valence-corrected chi connectivity index (χ4v) is 1.44. The van der Waals surface area contributed by atoms with Crippen molar-refractivity contribution in [2.24, 2.45) is 11.3 Å². The third-order valence-corrected chi connectivity index (χ3v) is 3.02. The van der Waals surface area contributed by atoms with Gasteiger partial charge in [-0.05, 0) is 17.8 Å². The van der Waals surface area contributed by atoms with Gasteiger partial charge in [0.2, 0.25) is 0 Å². The molecule has 0 aromatic heterocycles. The van der Waals surface area contributed by atoms with Gasteiger partial charge in [0, 0.05) is 0 Å². The lowest BCUT2D eigenvalue weighted by atomic mass is 9.74. The molecule has 1 unspecified atom stereocenters. The molecular weight excluding hydrogens is 144 g/mol. The standard InChI is InChI=1S/C10H22.C2H6/c1-6-8-10(5,7-2)9(3)4;1-2/h9H,6-8H2,1-5H3;1-2H3. The molecule has 0 saturated carbocycles. The van der Waals surface area contributed by atoms with Crippen molar-refractivity contribution in [1.82, 2.24) is 0 Å². The van der Waals surface area contributed by atoms with Gasteiger partial charge in [-0.1, -0.05) is 61.3 Å². The average molecular weight is 172 g/mol. The van der Waals surface area contributed by atoms with Crippen molar-refractivity contribution in [3.63, 3.8) is 0 Å². The van der Waals surface area contributed by atoms with Crippen molar-refractivity contribution in [3.8, 4) is 0 Å². The summed E-state index contributed by atoms with van der Waals surface area (Å²) in [6.07, 6.45) is 4.02. The van der Waals surface area contributed by atoms with E-state index in [9.17, 15) is 0 Å². The van der Waals surface area contributed by atoms with Crippen LogP contribution in [0.5, 0.6) is 0 Å². The second-order valence-corrected chi connectivity index (χ2v) is 3.91. The van der Waals surface area contributed by atoms with E-state index in [0.29, 0.717) is 5.41 Å². The summed E-state index contributed by atoms with van der Waals surface area (Å²) < 4.78 is 0. The first-order valence-corrected chi connectivity index (χ1v) is 5.56. The molecule has 0 fully saturated rings. The molecule has 0 nitrogen and oxygen atoms in total. The first-order chi connectivity index (χ1) is 5.56. The minimum atomic E-state index is 0.592. The lowest BCUT2D eigenvalue weighted by molar-refractivity contribution is 0.188. The fraction of sp³-hybridized carbons (Fsp3) is 1.00. The minimum Gasteiger partial charge on any atom is -0.0683 e. The van der Waals surface area contributed by atoms with E-state index in [4.69, 9.17) is 0 Å². The molecule has 0 N–H and O–H groups in total. The highest BCUT2D eigenvalue weighted by Gasteiger charge is 2.24.